The van der Waals surface area contributed by atoms with Crippen molar-refractivity contribution < 1.29 is 14.3 Å². The first-order chi connectivity index (χ1) is 10.1. The van der Waals surface area contributed by atoms with Gasteiger partial charge in [-0.3, -0.25) is 4.79 Å². The van der Waals surface area contributed by atoms with E-state index in [0.29, 0.717) is 17.1 Å². The number of aldehydes is 1. The highest BCUT2D eigenvalue weighted by molar-refractivity contribution is 5.85. The van der Waals surface area contributed by atoms with E-state index in [1.165, 1.54) is 7.11 Å². The van der Waals surface area contributed by atoms with Gasteiger partial charge >= 0.3 is 0 Å². The van der Waals surface area contributed by atoms with Gasteiger partial charge in [0.25, 0.3) is 0 Å². The van der Waals surface area contributed by atoms with Crippen LogP contribution in [0.2, 0.25) is 0 Å². The van der Waals surface area contributed by atoms with Crippen LogP contribution >= 0.6 is 0 Å². The molecule has 0 saturated heterocycles. The molecule has 110 valence electrons. The number of rotatable bonds is 5. The molecular formula is C17H19NO3. The van der Waals surface area contributed by atoms with Gasteiger partial charge in [0.05, 0.1) is 19.8 Å². The summed E-state index contributed by atoms with van der Waals surface area (Å²) in [7, 11) is 7.08. The molecular weight excluding hydrogens is 266 g/mol. The van der Waals surface area contributed by atoms with E-state index in [1.807, 2.05) is 49.3 Å². The van der Waals surface area contributed by atoms with Crippen molar-refractivity contribution in [3.63, 3.8) is 0 Å². The Labute approximate surface area is 124 Å². The second kappa shape index (κ2) is 6.31. The molecule has 0 radical (unpaired) electrons. The Morgan fingerprint density at radius 1 is 0.952 bits per heavy atom. The van der Waals surface area contributed by atoms with Crippen molar-refractivity contribution in [2.75, 3.05) is 33.2 Å². The summed E-state index contributed by atoms with van der Waals surface area (Å²) >= 11 is 0. The lowest BCUT2D eigenvalue weighted by molar-refractivity contribution is 0.112. The molecule has 0 unspecified atom stereocenters. The molecule has 2 aromatic rings. The van der Waals surface area contributed by atoms with E-state index < -0.39 is 0 Å². The topological polar surface area (TPSA) is 38.8 Å². The van der Waals surface area contributed by atoms with Gasteiger partial charge in [-0.15, -0.1) is 0 Å². The molecule has 4 heteroatoms. The minimum Gasteiger partial charge on any atom is -0.493 e. The highest BCUT2D eigenvalue weighted by Crippen LogP contribution is 2.35. The van der Waals surface area contributed by atoms with Crippen LogP contribution in [0.25, 0.3) is 11.1 Å². The Morgan fingerprint density at radius 3 is 2.10 bits per heavy atom. The van der Waals surface area contributed by atoms with Crippen LogP contribution in [-0.4, -0.2) is 34.6 Å². The van der Waals surface area contributed by atoms with E-state index >= 15 is 0 Å². The van der Waals surface area contributed by atoms with E-state index in [9.17, 15) is 4.79 Å². The average molecular weight is 285 g/mol. The van der Waals surface area contributed by atoms with Crippen molar-refractivity contribution in [2.45, 2.75) is 0 Å². The van der Waals surface area contributed by atoms with Gasteiger partial charge in [0.2, 0.25) is 0 Å². The molecule has 0 fully saturated rings. The molecule has 0 aliphatic heterocycles. The first-order valence-corrected chi connectivity index (χ1v) is 6.59. The maximum atomic E-state index is 11.2. The van der Waals surface area contributed by atoms with Crippen molar-refractivity contribution >= 4 is 12.0 Å². The summed E-state index contributed by atoms with van der Waals surface area (Å²) in [5.41, 5.74) is 3.53. The lowest BCUT2D eigenvalue weighted by Crippen LogP contribution is -2.07. The smallest absolute Gasteiger partial charge is 0.171 e. The molecule has 2 rings (SSSR count). The van der Waals surface area contributed by atoms with Crippen molar-refractivity contribution in [1.82, 2.24) is 0 Å². The Balaban J connectivity index is 2.50. The lowest BCUT2D eigenvalue weighted by Gasteiger charge is -2.14. The zero-order valence-electron chi connectivity index (χ0n) is 12.7. The molecule has 0 spiro atoms. The van der Waals surface area contributed by atoms with Gasteiger partial charge in [-0.05, 0) is 35.4 Å². The summed E-state index contributed by atoms with van der Waals surface area (Å²) in [4.78, 5) is 13.3. The van der Waals surface area contributed by atoms with Crippen LogP contribution in [-0.2, 0) is 0 Å². The highest BCUT2D eigenvalue weighted by Gasteiger charge is 2.13. The average Bonchev–Trinajstić information content (AvgIpc) is 2.53. The summed E-state index contributed by atoms with van der Waals surface area (Å²) in [5, 5.41) is 0. The second-order valence-corrected chi connectivity index (χ2v) is 4.86. The maximum Gasteiger partial charge on any atom is 0.171 e. The van der Waals surface area contributed by atoms with Crippen LogP contribution in [0.1, 0.15) is 10.4 Å². The van der Waals surface area contributed by atoms with Gasteiger partial charge in [-0.2, -0.15) is 0 Å². The van der Waals surface area contributed by atoms with Gasteiger partial charge in [0.15, 0.2) is 17.8 Å². The summed E-state index contributed by atoms with van der Waals surface area (Å²) in [6, 6.07) is 11.8. The van der Waals surface area contributed by atoms with Gasteiger partial charge in [-0.25, -0.2) is 0 Å². The van der Waals surface area contributed by atoms with Gasteiger partial charge < -0.3 is 14.4 Å². The molecule has 0 aliphatic carbocycles. The van der Waals surface area contributed by atoms with E-state index in [4.69, 9.17) is 9.47 Å². The van der Waals surface area contributed by atoms with E-state index in [2.05, 4.69) is 0 Å². The van der Waals surface area contributed by atoms with Gasteiger partial charge in [-0.1, -0.05) is 12.1 Å². The quantitative estimate of drug-likeness (QED) is 0.790. The molecule has 0 heterocycles. The summed E-state index contributed by atoms with van der Waals surface area (Å²) < 4.78 is 10.5. The number of hydrogen-bond acceptors (Lipinski definition) is 4. The largest absolute Gasteiger partial charge is 0.493 e. The predicted molar refractivity (Wildman–Crippen MR) is 84.7 cm³/mol. The van der Waals surface area contributed by atoms with Crippen LogP contribution in [0.5, 0.6) is 11.5 Å². The third-order valence-electron chi connectivity index (χ3n) is 3.35. The Kier molecular flexibility index (Phi) is 4.48. The third-order valence-corrected chi connectivity index (χ3v) is 3.35. The van der Waals surface area contributed by atoms with Crippen molar-refractivity contribution in [3.8, 4) is 22.6 Å². The zero-order chi connectivity index (χ0) is 15.4. The van der Waals surface area contributed by atoms with Crippen molar-refractivity contribution in [2.24, 2.45) is 0 Å². The first-order valence-electron chi connectivity index (χ1n) is 6.59. The van der Waals surface area contributed by atoms with E-state index in [-0.39, 0.29) is 0 Å². The molecule has 0 bridgehead atoms. The summed E-state index contributed by atoms with van der Waals surface area (Å²) in [6.07, 6.45) is 0.777. The predicted octanol–water partition coefficient (Wildman–Crippen LogP) is 3.25. The molecule has 0 N–H and O–H groups in total. The van der Waals surface area contributed by atoms with Crippen LogP contribution in [0.4, 0.5) is 5.69 Å². The number of methoxy groups -OCH3 is 2. The van der Waals surface area contributed by atoms with Gasteiger partial charge in [0.1, 0.15) is 0 Å². The maximum absolute atomic E-state index is 11.2. The SMILES string of the molecule is COc1cc(-c2ccc(N(C)C)cc2)cc(C=O)c1OC. The number of benzene rings is 2. The number of carbonyl (C=O) groups is 1. The fraction of sp³-hybridized carbons (Fsp3) is 0.235. The normalized spacial score (nSPS) is 10.1. The summed E-state index contributed by atoms with van der Waals surface area (Å²) in [5.74, 6) is 1.01. The van der Waals surface area contributed by atoms with E-state index in [1.54, 1.807) is 13.2 Å². The fourth-order valence-corrected chi connectivity index (χ4v) is 2.20. The molecule has 0 aliphatic rings. The Hall–Kier alpha value is -2.49. The molecule has 2 aromatic carbocycles. The number of anilines is 1. The van der Waals surface area contributed by atoms with Crippen molar-refractivity contribution in [3.05, 3.63) is 42.0 Å². The summed E-state index contributed by atoms with van der Waals surface area (Å²) in [6.45, 7) is 0. The number of nitrogens with zero attached hydrogens (tertiary/aromatic N) is 1. The monoisotopic (exact) mass is 285 g/mol. The Morgan fingerprint density at radius 2 is 1.62 bits per heavy atom. The molecule has 21 heavy (non-hydrogen) atoms. The van der Waals surface area contributed by atoms with Crippen molar-refractivity contribution in [1.29, 1.82) is 0 Å². The molecule has 4 nitrogen and oxygen atoms in total. The number of carbonyl (C=O) groups excluding carboxylic acids is 1. The zero-order valence-corrected chi connectivity index (χ0v) is 12.7. The van der Waals surface area contributed by atoms with Gasteiger partial charge in [0, 0.05) is 19.8 Å². The molecule has 0 saturated carbocycles. The standard InChI is InChI=1S/C17H19NO3/c1-18(2)15-7-5-12(6-8-15)13-9-14(11-19)17(21-4)16(10-13)20-3/h5-11H,1-4H3. The number of hydrogen-bond donors (Lipinski definition) is 0. The Bertz CT molecular complexity index is 633. The fourth-order valence-electron chi connectivity index (χ4n) is 2.20. The highest BCUT2D eigenvalue weighted by atomic mass is 16.5. The van der Waals surface area contributed by atoms with E-state index in [0.717, 1.165) is 23.1 Å². The third kappa shape index (κ3) is 2.99. The van der Waals surface area contributed by atoms with Crippen LogP contribution in [0.3, 0.4) is 0 Å². The van der Waals surface area contributed by atoms with Crippen LogP contribution in [0.15, 0.2) is 36.4 Å². The van der Waals surface area contributed by atoms with Crippen LogP contribution in [0, 0.1) is 0 Å². The lowest BCUT2D eigenvalue weighted by atomic mass is 10.0. The van der Waals surface area contributed by atoms with Crippen LogP contribution < -0.4 is 14.4 Å². The molecule has 0 atom stereocenters. The number of ether oxygens (including phenoxy) is 2. The minimum atomic E-state index is 0.459. The minimum absolute atomic E-state index is 0.459. The molecule has 0 amide bonds. The second-order valence-electron chi connectivity index (χ2n) is 4.86. The molecule has 0 aromatic heterocycles. The first kappa shape index (κ1) is 14.9.